The van der Waals surface area contributed by atoms with Crippen LogP contribution in [0.15, 0.2) is 65.1 Å². The molecule has 2 aromatic carbocycles. The van der Waals surface area contributed by atoms with Gasteiger partial charge in [-0.05, 0) is 42.8 Å². The van der Waals surface area contributed by atoms with Gasteiger partial charge in [0.25, 0.3) is 5.91 Å². The Kier molecular flexibility index (Phi) is 4.93. The lowest BCUT2D eigenvalue weighted by Gasteiger charge is -2.13. The zero-order valence-electron chi connectivity index (χ0n) is 12.9. The van der Waals surface area contributed by atoms with E-state index in [2.05, 4.69) is 5.32 Å². The van der Waals surface area contributed by atoms with Gasteiger partial charge in [0.05, 0.1) is 11.1 Å². The minimum absolute atomic E-state index is 0.123. The first kappa shape index (κ1) is 16.6. The van der Waals surface area contributed by atoms with Crippen molar-refractivity contribution in [2.75, 3.05) is 0 Å². The molecule has 5 heteroatoms. The van der Waals surface area contributed by atoms with E-state index in [1.165, 1.54) is 0 Å². The molecular formula is C19H15Cl2NO2. The molecule has 0 bridgehead atoms. The van der Waals surface area contributed by atoms with Gasteiger partial charge in [-0.2, -0.15) is 0 Å². The van der Waals surface area contributed by atoms with Gasteiger partial charge >= 0.3 is 0 Å². The van der Waals surface area contributed by atoms with Crippen molar-refractivity contribution in [3.05, 3.63) is 82.0 Å². The molecular weight excluding hydrogens is 345 g/mol. The number of halogens is 2. The highest BCUT2D eigenvalue weighted by Crippen LogP contribution is 2.31. The van der Waals surface area contributed by atoms with E-state index in [0.717, 1.165) is 5.56 Å². The van der Waals surface area contributed by atoms with Crippen molar-refractivity contribution in [1.29, 1.82) is 0 Å². The van der Waals surface area contributed by atoms with Crippen molar-refractivity contribution < 1.29 is 9.21 Å². The first-order valence-electron chi connectivity index (χ1n) is 7.45. The second kappa shape index (κ2) is 7.12. The van der Waals surface area contributed by atoms with Gasteiger partial charge in [0.15, 0.2) is 5.76 Å². The Hall–Kier alpha value is -2.23. The fraction of sp³-hybridized carbons (Fsp3) is 0.105. The predicted octanol–water partition coefficient (Wildman–Crippen LogP) is 5.74. The van der Waals surface area contributed by atoms with Gasteiger partial charge in [0, 0.05) is 10.6 Å². The molecule has 0 aliphatic rings. The van der Waals surface area contributed by atoms with E-state index < -0.39 is 0 Å². The number of hydrogen-bond donors (Lipinski definition) is 1. The fourth-order valence-corrected chi connectivity index (χ4v) is 2.77. The maximum Gasteiger partial charge on any atom is 0.287 e. The SMILES string of the molecule is C[C@H](NC(=O)c1ccc(-c2cc(Cl)ccc2Cl)o1)c1ccccc1. The van der Waals surface area contributed by atoms with Gasteiger partial charge in [-0.1, -0.05) is 53.5 Å². The van der Waals surface area contributed by atoms with Crippen LogP contribution in [0.5, 0.6) is 0 Å². The first-order valence-corrected chi connectivity index (χ1v) is 8.21. The van der Waals surface area contributed by atoms with Crippen LogP contribution in [-0.2, 0) is 0 Å². The van der Waals surface area contributed by atoms with Crippen molar-refractivity contribution in [3.63, 3.8) is 0 Å². The summed E-state index contributed by atoms with van der Waals surface area (Å²) in [6.45, 7) is 1.92. The van der Waals surface area contributed by atoms with E-state index in [-0.39, 0.29) is 17.7 Å². The number of carbonyl (C=O) groups is 1. The van der Waals surface area contributed by atoms with E-state index >= 15 is 0 Å². The van der Waals surface area contributed by atoms with Crippen molar-refractivity contribution in [2.24, 2.45) is 0 Å². The quantitative estimate of drug-likeness (QED) is 0.644. The monoisotopic (exact) mass is 359 g/mol. The molecule has 1 N–H and O–H groups in total. The van der Waals surface area contributed by atoms with Crippen LogP contribution in [0.2, 0.25) is 10.0 Å². The minimum atomic E-state index is -0.282. The fourth-order valence-electron chi connectivity index (χ4n) is 2.38. The van der Waals surface area contributed by atoms with Crippen molar-refractivity contribution in [1.82, 2.24) is 5.32 Å². The highest BCUT2D eigenvalue weighted by Gasteiger charge is 2.16. The van der Waals surface area contributed by atoms with Crippen molar-refractivity contribution in [3.8, 4) is 11.3 Å². The molecule has 3 aromatic rings. The number of amides is 1. The number of furan rings is 1. The highest BCUT2D eigenvalue weighted by atomic mass is 35.5. The van der Waals surface area contributed by atoms with E-state index in [1.54, 1.807) is 30.3 Å². The zero-order valence-corrected chi connectivity index (χ0v) is 14.4. The first-order chi connectivity index (χ1) is 11.5. The van der Waals surface area contributed by atoms with Gasteiger partial charge < -0.3 is 9.73 Å². The number of carbonyl (C=O) groups excluding carboxylic acids is 1. The van der Waals surface area contributed by atoms with Crippen molar-refractivity contribution >= 4 is 29.1 Å². The summed E-state index contributed by atoms with van der Waals surface area (Å²) < 4.78 is 5.65. The smallest absolute Gasteiger partial charge is 0.287 e. The molecule has 3 rings (SSSR count). The maximum atomic E-state index is 12.4. The molecule has 0 radical (unpaired) electrons. The molecule has 122 valence electrons. The minimum Gasteiger partial charge on any atom is -0.451 e. The lowest BCUT2D eigenvalue weighted by molar-refractivity contribution is 0.0912. The topological polar surface area (TPSA) is 42.2 Å². The molecule has 0 fully saturated rings. The molecule has 1 amide bonds. The Morgan fingerprint density at radius 3 is 2.54 bits per heavy atom. The molecule has 1 heterocycles. The molecule has 1 atom stereocenters. The summed E-state index contributed by atoms with van der Waals surface area (Å²) in [5, 5.41) is 3.97. The molecule has 3 nitrogen and oxygen atoms in total. The summed E-state index contributed by atoms with van der Waals surface area (Å²) >= 11 is 12.2. The summed E-state index contributed by atoms with van der Waals surface area (Å²) in [5.41, 5.74) is 1.68. The van der Waals surface area contributed by atoms with Gasteiger partial charge in [-0.15, -0.1) is 0 Å². The average Bonchev–Trinajstić information content (AvgIpc) is 3.08. The predicted molar refractivity (Wildman–Crippen MR) is 96.5 cm³/mol. The van der Waals surface area contributed by atoms with E-state index in [9.17, 15) is 4.79 Å². The Balaban J connectivity index is 1.78. The summed E-state index contributed by atoms with van der Waals surface area (Å²) in [6.07, 6.45) is 0. The normalized spacial score (nSPS) is 12.0. The molecule has 24 heavy (non-hydrogen) atoms. The summed E-state index contributed by atoms with van der Waals surface area (Å²) in [5.74, 6) is 0.444. The van der Waals surface area contributed by atoms with E-state index in [0.29, 0.717) is 21.4 Å². The third-order valence-electron chi connectivity index (χ3n) is 3.67. The Morgan fingerprint density at radius 2 is 1.79 bits per heavy atom. The van der Waals surface area contributed by atoms with Crippen LogP contribution >= 0.6 is 23.2 Å². The Bertz CT molecular complexity index is 859. The summed E-state index contributed by atoms with van der Waals surface area (Å²) in [6, 6.07) is 18.0. The lowest BCUT2D eigenvalue weighted by Crippen LogP contribution is -2.26. The highest BCUT2D eigenvalue weighted by molar-refractivity contribution is 6.35. The van der Waals surface area contributed by atoms with Gasteiger partial charge in [0.2, 0.25) is 0 Å². The van der Waals surface area contributed by atoms with Crippen LogP contribution < -0.4 is 5.32 Å². The third-order valence-corrected chi connectivity index (χ3v) is 4.24. The Morgan fingerprint density at radius 1 is 1.04 bits per heavy atom. The molecule has 0 unspecified atom stereocenters. The van der Waals surface area contributed by atoms with Crippen LogP contribution in [0.3, 0.4) is 0 Å². The number of nitrogens with one attached hydrogen (secondary N) is 1. The van der Waals surface area contributed by atoms with Crippen LogP contribution in [0.25, 0.3) is 11.3 Å². The molecule has 0 aliphatic carbocycles. The van der Waals surface area contributed by atoms with Crippen LogP contribution in [0.4, 0.5) is 0 Å². The van der Waals surface area contributed by atoms with E-state index in [4.69, 9.17) is 27.6 Å². The molecule has 0 saturated heterocycles. The standard InChI is InChI=1S/C19H15Cl2NO2/c1-12(13-5-3-2-4-6-13)22-19(23)18-10-9-17(24-18)15-11-14(20)7-8-16(15)21/h2-12H,1H3,(H,22,23)/t12-/m0/s1. The second-order valence-electron chi connectivity index (χ2n) is 5.39. The average molecular weight is 360 g/mol. The molecule has 0 aliphatic heterocycles. The third kappa shape index (κ3) is 3.64. The summed E-state index contributed by atoms with van der Waals surface area (Å²) in [4.78, 5) is 12.4. The molecule has 0 saturated carbocycles. The van der Waals surface area contributed by atoms with Gasteiger partial charge in [-0.3, -0.25) is 4.79 Å². The Labute approximate surface area is 150 Å². The number of hydrogen-bond acceptors (Lipinski definition) is 2. The van der Waals surface area contributed by atoms with Crippen LogP contribution in [-0.4, -0.2) is 5.91 Å². The number of rotatable bonds is 4. The van der Waals surface area contributed by atoms with Crippen molar-refractivity contribution in [2.45, 2.75) is 13.0 Å². The number of benzene rings is 2. The molecule has 1 aromatic heterocycles. The largest absolute Gasteiger partial charge is 0.451 e. The van der Waals surface area contributed by atoms with Gasteiger partial charge in [-0.25, -0.2) is 0 Å². The zero-order chi connectivity index (χ0) is 17.1. The van der Waals surface area contributed by atoms with Crippen LogP contribution in [0, 0.1) is 0 Å². The second-order valence-corrected chi connectivity index (χ2v) is 6.24. The van der Waals surface area contributed by atoms with Gasteiger partial charge in [0.1, 0.15) is 5.76 Å². The van der Waals surface area contributed by atoms with E-state index in [1.807, 2.05) is 37.3 Å². The lowest BCUT2D eigenvalue weighted by atomic mass is 10.1. The molecule has 0 spiro atoms. The summed E-state index contributed by atoms with van der Waals surface area (Å²) in [7, 11) is 0. The maximum absolute atomic E-state index is 12.4. The van der Waals surface area contributed by atoms with Crippen LogP contribution in [0.1, 0.15) is 29.1 Å².